The first-order valence-electron chi connectivity index (χ1n) is 12.6. The van der Waals surface area contributed by atoms with E-state index in [1.54, 1.807) is 35.2 Å². The van der Waals surface area contributed by atoms with Crippen LogP contribution in [0.2, 0.25) is 15.1 Å². The minimum atomic E-state index is -0.577. The number of hydrogen-bond donors (Lipinski definition) is 1. The number of ether oxygens (including phenoxy) is 1. The lowest BCUT2D eigenvalue weighted by atomic mass is 9.74. The normalized spacial score (nSPS) is 17.3. The summed E-state index contributed by atoms with van der Waals surface area (Å²) in [6.07, 6.45) is 1.76. The van der Waals surface area contributed by atoms with Crippen molar-refractivity contribution in [3.8, 4) is 11.8 Å². The lowest BCUT2D eigenvalue weighted by molar-refractivity contribution is -0.116. The molecule has 0 aromatic heterocycles. The minimum Gasteiger partial charge on any atom is -0.489 e. The van der Waals surface area contributed by atoms with Crippen LogP contribution in [0.5, 0.6) is 5.75 Å². The summed E-state index contributed by atoms with van der Waals surface area (Å²) in [7, 11) is 0. The minimum absolute atomic E-state index is 0.0190. The highest BCUT2D eigenvalue weighted by atomic mass is 35.5. The van der Waals surface area contributed by atoms with Crippen molar-refractivity contribution in [2.75, 3.05) is 4.90 Å². The molecule has 0 saturated heterocycles. The van der Waals surface area contributed by atoms with E-state index in [0.717, 1.165) is 28.0 Å². The number of anilines is 1. The molecule has 2 N–H and O–H groups in total. The number of nitrogens with zero attached hydrogens (tertiary/aromatic N) is 2. The Morgan fingerprint density at radius 2 is 1.74 bits per heavy atom. The van der Waals surface area contributed by atoms with E-state index in [0.29, 0.717) is 63.5 Å². The van der Waals surface area contributed by atoms with Gasteiger partial charge in [-0.15, -0.1) is 0 Å². The number of rotatable bonds is 5. The Labute approximate surface area is 243 Å². The molecule has 1 unspecified atom stereocenters. The molecule has 0 spiro atoms. The van der Waals surface area contributed by atoms with Crippen LogP contribution in [-0.2, 0) is 11.4 Å². The van der Waals surface area contributed by atoms with E-state index in [-0.39, 0.29) is 11.6 Å². The van der Waals surface area contributed by atoms with Crippen LogP contribution in [0.25, 0.3) is 0 Å². The number of hydrogen-bond acceptors (Lipinski definition) is 5. The van der Waals surface area contributed by atoms with Crippen molar-refractivity contribution in [1.82, 2.24) is 0 Å². The average Bonchev–Trinajstić information content (AvgIpc) is 2.90. The summed E-state index contributed by atoms with van der Waals surface area (Å²) < 4.78 is 6.04. The molecular formula is C31H26Cl3N3O2. The summed E-state index contributed by atoms with van der Waals surface area (Å²) >= 11 is 18.5. The molecule has 1 aliphatic heterocycles. The van der Waals surface area contributed by atoms with Crippen molar-refractivity contribution in [2.45, 2.75) is 45.6 Å². The lowest BCUT2D eigenvalue weighted by Gasteiger charge is -2.40. The van der Waals surface area contributed by atoms with Gasteiger partial charge in [-0.05, 0) is 91.4 Å². The quantitative estimate of drug-likeness (QED) is 0.330. The van der Waals surface area contributed by atoms with Crippen molar-refractivity contribution < 1.29 is 9.53 Å². The Bertz CT molecular complexity index is 1590. The first-order chi connectivity index (χ1) is 18.7. The van der Waals surface area contributed by atoms with Crippen molar-refractivity contribution in [2.24, 2.45) is 5.73 Å². The smallest absolute Gasteiger partial charge is 0.161 e. The first-order valence-corrected chi connectivity index (χ1v) is 13.7. The molecule has 0 radical (unpaired) electrons. The summed E-state index contributed by atoms with van der Waals surface area (Å²) in [5, 5.41) is 11.8. The average molecular weight is 579 g/mol. The summed E-state index contributed by atoms with van der Waals surface area (Å²) in [4.78, 5) is 15.3. The van der Waals surface area contributed by atoms with Gasteiger partial charge in [0.2, 0.25) is 0 Å². The van der Waals surface area contributed by atoms with Crippen molar-refractivity contribution in [1.29, 1.82) is 5.26 Å². The Morgan fingerprint density at radius 3 is 2.44 bits per heavy atom. The van der Waals surface area contributed by atoms with Gasteiger partial charge in [-0.2, -0.15) is 5.26 Å². The molecule has 2 aliphatic rings. The fourth-order valence-electron chi connectivity index (χ4n) is 5.39. The number of carbonyl (C=O) groups is 1. The van der Waals surface area contributed by atoms with E-state index >= 15 is 0 Å². The zero-order valence-corrected chi connectivity index (χ0v) is 23.8. The van der Waals surface area contributed by atoms with E-state index in [1.165, 1.54) is 0 Å². The predicted octanol–water partition coefficient (Wildman–Crippen LogP) is 8.15. The maximum absolute atomic E-state index is 13.5. The van der Waals surface area contributed by atoms with Crippen LogP contribution in [0, 0.1) is 25.2 Å². The summed E-state index contributed by atoms with van der Waals surface area (Å²) in [6.45, 7) is 4.34. The molecule has 5 nitrogen and oxygen atoms in total. The number of nitriles is 1. The third-order valence-electron chi connectivity index (χ3n) is 7.32. The highest BCUT2D eigenvalue weighted by Gasteiger charge is 2.41. The molecule has 0 bridgehead atoms. The van der Waals surface area contributed by atoms with Gasteiger partial charge in [0.05, 0.1) is 27.6 Å². The number of nitrogens with two attached hydrogens (primary N) is 1. The zero-order chi connectivity index (χ0) is 27.8. The van der Waals surface area contributed by atoms with Gasteiger partial charge in [-0.3, -0.25) is 9.69 Å². The molecule has 0 amide bonds. The largest absolute Gasteiger partial charge is 0.489 e. The molecule has 3 aromatic rings. The highest BCUT2D eigenvalue weighted by molar-refractivity contribution is 6.42. The Hall–Kier alpha value is -3.43. The number of ketones is 1. The van der Waals surface area contributed by atoms with Crippen LogP contribution in [0.4, 0.5) is 5.69 Å². The van der Waals surface area contributed by atoms with Crippen LogP contribution in [0.15, 0.2) is 77.3 Å². The molecule has 39 heavy (non-hydrogen) atoms. The van der Waals surface area contributed by atoms with Crippen molar-refractivity contribution in [3.63, 3.8) is 0 Å². The van der Waals surface area contributed by atoms with E-state index in [1.807, 2.05) is 32.0 Å². The lowest BCUT2D eigenvalue weighted by Crippen LogP contribution is -2.39. The molecular weight excluding hydrogens is 553 g/mol. The van der Waals surface area contributed by atoms with Crippen molar-refractivity contribution in [3.05, 3.63) is 115 Å². The van der Waals surface area contributed by atoms with Gasteiger partial charge in [0.25, 0.3) is 0 Å². The number of aryl methyl sites for hydroxylation is 2. The van der Waals surface area contributed by atoms with E-state index < -0.39 is 5.92 Å². The molecule has 1 aliphatic carbocycles. The number of benzene rings is 3. The van der Waals surface area contributed by atoms with Gasteiger partial charge in [-0.25, -0.2) is 0 Å². The molecule has 0 saturated carbocycles. The van der Waals surface area contributed by atoms with Gasteiger partial charge in [0.15, 0.2) is 5.78 Å². The fourth-order valence-corrected chi connectivity index (χ4v) is 5.81. The fraction of sp³-hybridized carbons (Fsp3) is 0.226. The molecule has 3 aromatic carbocycles. The molecule has 5 rings (SSSR count). The van der Waals surface area contributed by atoms with E-state index in [2.05, 4.69) is 12.1 Å². The maximum Gasteiger partial charge on any atom is 0.161 e. The third-order valence-corrected chi connectivity index (χ3v) is 8.31. The molecule has 8 heteroatoms. The molecule has 198 valence electrons. The van der Waals surface area contributed by atoms with E-state index in [9.17, 15) is 10.1 Å². The second-order valence-corrected chi connectivity index (χ2v) is 11.0. The summed E-state index contributed by atoms with van der Waals surface area (Å²) in [5.41, 5.74) is 13.0. The van der Waals surface area contributed by atoms with Crippen molar-refractivity contribution >= 4 is 46.3 Å². The Kier molecular flexibility index (Phi) is 7.64. The third kappa shape index (κ3) is 5.13. The molecule has 1 heterocycles. The highest BCUT2D eigenvalue weighted by Crippen LogP contribution is 2.47. The van der Waals surface area contributed by atoms with Crippen LogP contribution < -0.4 is 15.4 Å². The van der Waals surface area contributed by atoms with Gasteiger partial charge in [-0.1, -0.05) is 46.9 Å². The number of halogens is 3. The molecule has 0 fully saturated rings. The molecule has 1 atom stereocenters. The van der Waals surface area contributed by atoms with Crippen LogP contribution in [-0.4, -0.2) is 5.78 Å². The number of allylic oxidation sites excluding steroid dienone is 3. The summed E-state index contributed by atoms with van der Waals surface area (Å²) in [5.74, 6) is 0.427. The van der Waals surface area contributed by atoms with Gasteiger partial charge in [0.1, 0.15) is 18.2 Å². The van der Waals surface area contributed by atoms with E-state index in [4.69, 9.17) is 45.3 Å². The maximum atomic E-state index is 13.5. The first kappa shape index (κ1) is 27.1. The van der Waals surface area contributed by atoms with Gasteiger partial charge >= 0.3 is 0 Å². The second-order valence-electron chi connectivity index (χ2n) is 9.79. The Balaban J connectivity index is 1.62. The SMILES string of the molecule is Cc1cc(C)c(C2C(C#N)=C(N)N(c3ccc(Cl)c(Cl)c3)C3=C2C(=O)CCC3)cc1COc1ccc(Cl)cc1. The monoisotopic (exact) mass is 577 g/mol. The van der Waals surface area contributed by atoms with Crippen LogP contribution >= 0.6 is 34.8 Å². The van der Waals surface area contributed by atoms with Crippen LogP contribution in [0.3, 0.4) is 0 Å². The predicted molar refractivity (Wildman–Crippen MR) is 156 cm³/mol. The number of Topliss-reactive ketones (excluding diaryl/α,β-unsaturated/α-hetero) is 1. The van der Waals surface area contributed by atoms with Gasteiger partial charge < -0.3 is 10.5 Å². The number of carbonyl (C=O) groups excluding carboxylic acids is 1. The van der Waals surface area contributed by atoms with Gasteiger partial charge in [0, 0.05) is 28.4 Å². The zero-order valence-electron chi connectivity index (χ0n) is 21.5. The van der Waals surface area contributed by atoms with Crippen LogP contribution in [0.1, 0.15) is 47.4 Å². The Morgan fingerprint density at radius 1 is 1.00 bits per heavy atom. The second kappa shape index (κ2) is 11.0. The topological polar surface area (TPSA) is 79.4 Å². The summed E-state index contributed by atoms with van der Waals surface area (Å²) in [6, 6.07) is 18.8. The standard InChI is InChI=1S/C31H26Cl3N3O2/c1-17-12-18(2)23(13-19(17)16-39-22-9-6-20(32)7-10-22)29-24(15-35)31(36)37(21-8-11-25(33)26(34)14-21)27-4-3-5-28(38)30(27)29/h6-14,29H,3-5,16,36H2,1-2H3.